The second kappa shape index (κ2) is 8.21. The Morgan fingerprint density at radius 2 is 2.24 bits per heavy atom. The molecule has 0 spiro atoms. The van der Waals surface area contributed by atoms with E-state index in [1.807, 2.05) is 6.92 Å². The summed E-state index contributed by atoms with van der Waals surface area (Å²) in [6.07, 6.45) is 1.43. The summed E-state index contributed by atoms with van der Waals surface area (Å²) in [6, 6.07) is 3.88. The Balaban J connectivity index is 2.85. The Morgan fingerprint density at radius 1 is 1.52 bits per heavy atom. The zero-order valence-electron chi connectivity index (χ0n) is 12.2. The summed E-state index contributed by atoms with van der Waals surface area (Å²) in [4.78, 5) is 22.4. The second-order valence-electron chi connectivity index (χ2n) is 4.64. The van der Waals surface area contributed by atoms with E-state index in [1.165, 1.54) is 25.3 Å². The van der Waals surface area contributed by atoms with E-state index >= 15 is 0 Å². The third-order valence-corrected chi connectivity index (χ3v) is 3.30. The molecule has 0 saturated carbocycles. The minimum absolute atomic E-state index is 0.0640. The van der Waals surface area contributed by atoms with Gasteiger partial charge in [-0.05, 0) is 18.4 Å². The maximum absolute atomic E-state index is 12.1. The Labute approximate surface area is 123 Å². The van der Waals surface area contributed by atoms with Crippen LogP contribution < -0.4 is 10.1 Å². The lowest BCUT2D eigenvalue weighted by molar-refractivity contribution is -0.384. The van der Waals surface area contributed by atoms with E-state index in [9.17, 15) is 14.9 Å². The fourth-order valence-electron chi connectivity index (χ4n) is 1.95. The van der Waals surface area contributed by atoms with E-state index in [4.69, 9.17) is 9.84 Å². The monoisotopic (exact) mass is 296 g/mol. The number of non-ortho nitro benzene ring substituents is 1. The highest BCUT2D eigenvalue weighted by atomic mass is 16.6. The van der Waals surface area contributed by atoms with Gasteiger partial charge >= 0.3 is 0 Å². The summed E-state index contributed by atoms with van der Waals surface area (Å²) < 4.78 is 5.06. The fraction of sp³-hybridized carbons (Fsp3) is 0.500. The maximum Gasteiger partial charge on any atom is 0.270 e. The molecule has 0 aliphatic carbocycles. The molecule has 1 aromatic carbocycles. The number of nitrogens with one attached hydrogen (secondary N) is 1. The smallest absolute Gasteiger partial charge is 0.270 e. The van der Waals surface area contributed by atoms with Crippen molar-refractivity contribution in [3.63, 3.8) is 0 Å². The van der Waals surface area contributed by atoms with Crippen LogP contribution in [0.4, 0.5) is 5.69 Å². The van der Waals surface area contributed by atoms with Crippen LogP contribution in [0.2, 0.25) is 0 Å². The van der Waals surface area contributed by atoms with E-state index in [-0.39, 0.29) is 29.5 Å². The Hall–Kier alpha value is -2.15. The molecular weight excluding hydrogens is 276 g/mol. The molecule has 0 aliphatic heterocycles. The predicted molar refractivity (Wildman–Crippen MR) is 77.5 cm³/mol. The molecule has 0 bridgehead atoms. The average Bonchev–Trinajstić information content (AvgIpc) is 2.50. The van der Waals surface area contributed by atoms with Crippen molar-refractivity contribution in [2.75, 3.05) is 20.3 Å². The molecule has 116 valence electrons. The average molecular weight is 296 g/mol. The van der Waals surface area contributed by atoms with Gasteiger partial charge in [0.15, 0.2) is 0 Å². The van der Waals surface area contributed by atoms with E-state index in [1.54, 1.807) is 0 Å². The van der Waals surface area contributed by atoms with Crippen molar-refractivity contribution in [2.45, 2.75) is 19.8 Å². The van der Waals surface area contributed by atoms with Crippen LogP contribution in [0, 0.1) is 16.0 Å². The molecule has 7 heteroatoms. The van der Waals surface area contributed by atoms with Crippen LogP contribution in [0.3, 0.4) is 0 Å². The first-order valence-electron chi connectivity index (χ1n) is 6.74. The van der Waals surface area contributed by atoms with Crippen LogP contribution in [0.5, 0.6) is 5.75 Å². The topological polar surface area (TPSA) is 102 Å². The number of methoxy groups -OCH3 is 1. The Morgan fingerprint density at radius 3 is 2.76 bits per heavy atom. The highest BCUT2D eigenvalue weighted by Gasteiger charge is 2.18. The molecule has 1 amide bonds. The molecule has 2 N–H and O–H groups in total. The summed E-state index contributed by atoms with van der Waals surface area (Å²) in [7, 11) is 1.40. The number of rotatable bonds is 8. The number of carbonyl (C=O) groups is 1. The van der Waals surface area contributed by atoms with Gasteiger partial charge < -0.3 is 15.2 Å². The zero-order chi connectivity index (χ0) is 15.8. The van der Waals surface area contributed by atoms with Gasteiger partial charge in [0.1, 0.15) is 5.75 Å². The highest BCUT2D eigenvalue weighted by molar-refractivity contribution is 5.97. The van der Waals surface area contributed by atoms with Gasteiger partial charge in [-0.1, -0.05) is 13.3 Å². The van der Waals surface area contributed by atoms with Gasteiger partial charge in [0.05, 0.1) is 17.6 Å². The molecule has 0 aliphatic rings. The molecule has 7 nitrogen and oxygen atoms in total. The summed E-state index contributed by atoms with van der Waals surface area (Å²) in [5, 5.41) is 22.4. The van der Waals surface area contributed by atoms with Gasteiger partial charge in [-0.15, -0.1) is 0 Å². The van der Waals surface area contributed by atoms with Gasteiger partial charge in [-0.3, -0.25) is 14.9 Å². The number of hydrogen-bond donors (Lipinski definition) is 2. The summed E-state index contributed by atoms with van der Waals surface area (Å²) >= 11 is 0. The van der Waals surface area contributed by atoms with Crippen molar-refractivity contribution in [3.05, 3.63) is 33.9 Å². The fourth-order valence-corrected chi connectivity index (χ4v) is 1.95. The van der Waals surface area contributed by atoms with Crippen LogP contribution in [-0.4, -0.2) is 36.2 Å². The molecule has 0 radical (unpaired) electrons. The van der Waals surface area contributed by atoms with Crippen LogP contribution in [0.1, 0.15) is 30.1 Å². The third kappa shape index (κ3) is 4.71. The molecular formula is C14H20N2O5. The SMILES string of the molecule is CC[C@@H](CCO)CNC(=O)c1cc([N+](=O)[O-])ccc1OC. The minimum atomic E-state index is -0.559. The molecule has 0 unspecified atom stereocenters. The molecule has 1 rings (SSSR count). The van der Waals surface area contributed by atoms with Crippen molar-refractivity contribution in [1.29, 1.82) is 0 Å². The lowest BCUT2D eigenvalue weighted by atomic mass is 10.0. The molecule has 0 heterocycles. The van der Waals surface area contributed by atoms with Crippen molar-refractivity contribution in [3.8, 4) is 5.75 Å². The lowest BCUT2D eigenvalue weighted by Crippen LogP contribution is -2.29. The predicted octanol–water partition coefficient (Wildman–Crippen LogP) is 1.74. The van der Waals surface area contributed by atoms with E-state index in [0.717, 1.165) is 6.42 Å². The normalized spacial score (nSPS) is 11.8. The van der Waals surface area contributed by atoms with Gasteiger partial charge in [0, 0.05) is 25.3 Å². The van der Waals surface area contributed by atoms with Crippen molar-refractivity contribution in [1.82, 2.24) is 5.32 Å². The van der Waals surface area contributed by atoms with Crippen LogP contribution >= 0.6 is 0 Å². The number of aliphatic hydroxyl groups excluding tert-OH is 1. The zero-order valence-corrected chi connectivity index (χ0v) is 12.2. The summed E-state index contributed by atoms with van der Waals surface area (Å²) in [6.45, 7) is 2.44. The third-order valence-electron chi connectivity index (χ3n) is 3.30. The van der Waals surface area contributed by atoms with Gasteiger partial charge in [-0.25, -0.2) is 0 Å². The number of nitro groups is 1. The molecule has 0 saturated heterocycles. The van der Waals surface area contributed by atoms with Crippen LogP contribution in [0.25, 0.3) is 0 Å². The summed E-state index contributed by atoms with van der Waals surface area (Å²) in [5.41, 5.74) is -0.0334. The first kappa shape index (κ1) is 16.9. The molecule has 1 atom stereocenters. The van der Waals surface area contributed by atoms with Crippen LogP contribution in [0.15, 0.2) is 18.2 Å². The number of nitrogens with zero attached hydrogens (tertiary/aromatic N) is 1. The number of carbonyl (C=O) groups excluding carboxylic acids is 1. The van der Waals surface area contributed by atoms with Crippen molar-refractivity contribution >= 4 is 11.6 Å². The van der Waals surface area contributed by atoms with Crippen molar-refractivity contribution in [2.24, 2.45) is 5.92 Å². The first-order chi connectivity index (χ1) is 10.0. The molecule has 1 aromatic rings. The number of nitro benzene ring substituents is 1. The number of hydrogen-bond acceptors (Lipinski definition) is 5. The van der Waals surface area contributed by atoms with E-state index in [0.29, 0.717) is 13.0 Å². The number of amides is 1. The van der Waals surface area contributed by atoms with Crippen molar-refractivity contribution < 1.29 is 19.6 Å². The van der Waals surface area contributed by atoms with Crippen LogP contribution in [-0.2, 0) is 0 Å². The summed E-state index contributed by atoms with van der Waals surface area (Å²) in [5.74, 6) is 0.0314. The number of ether oxygens (including phenoxy) is 1. The molecule has 0 aromatic heterocycles. The van der Waals surface area contributed by atoms with E-state index < -0.39 is 10.8 Å². The Bertz CT molecular complexity index is 504. The minimum Gasteiger partial charge on any atom is -0.496 e. The number of aliphatic hydroxyl groups is 1. The molecule has 21 heavy (non-hydrogen) atoms. The quantitative estimate of drug-likeness (QED) is 0.562. The van der Waals surface area contributed by atoms with Gasteiger partial charge in [0.2, 0.25) is 0 Å². The standard InChI is InChI=1S/C14H20N2O5/c1-3-10(6-7-17)9-15-14(18)12-8-11(16(19)20)4-5-13(12)21-2/h4-5,8,10,17H,3,6-7,9H2,1-2H3,(H,15,18)/t10-/m0/s1. The number of benzene rings is 1. The maximum atomic E-state index is 12.1. The van der Waals surface area contributed by atoms with Gasteiger partial charge in [-0.2, -0.15) is 0 Å². The first-order valence-corrected chi connectivity index (χ1v) is 6.74. The van der Waals surface area contributed by atoms with Gasteiger partial charge in [0.25, 0.3) is 11.6 Å². The van der Waals surface area contributed by atoms with E-state index in [2.05, 4.69) is 5.32 Å². The highest BCUT2D eigenvalue weighted by Crippen LogP contribution is 2.24. The largest absolute Gasteiger partial charge is 0.496 e. The lowest BCUT2D eigenvalue weighted by Gasteiger charge is -2.15. The Kier molecular flexibility index (Phi) is 6.61. The molecule has 0 fully saturated rings. The second-order valence-corrected chi connectivity index (χ2v) is 4.64.